The maximum absolute atomic E-state index is 14.1. The first-order chi connectivity index (χ1) is 12.6. The largest absolute Gasteiger partial charge is 0.339 e. The number of hydrogen-bond acceptors (Lipinski definition) is 3. The molecule has 0 radical (unpaired) electrons. The van der Waals surface area contributed by atoms with Crippen molar-refractivity contribution < 1.29 is 14.0 Å². The van der Waals surface area contributed by atoms with Crippen molar-refractivity contribution in [1.29, 1.82) is 0 Å². The SMILES string of the molecule is O=C(CN(Cc1ccccc1)C(=O)c1ccccc1F)N1CCNCC1. The van der Waals surface area contributed by atoms with Gasteiger partial charge in [0.2, 0.25) is 5.91 Å². The Bertz CT molecular complexity index is 761. The highest BCUT2D eigenvalue weighted by molar-refractivity contribution is 5.96. The lowest BCUT2D eigenvalue weighted by Crippen LogP contribution is -2.50. The third kappa shape index (κ3) is 4.46. The van der Waals surface area contributed by atoms with E-state index in [-0.39, 0.29) is 24.6 Å². The van der Waals surface area contributed by atoms with Crippen LogP contribution in [-0.4, -0.2) is 54.3 Å². The summed E-state index contributed by atoms with van der Waals surface area (Å²) in [6.07, 6.45) is 0. The summed E-state index contributed by atoms with van der Waals surface area (Å²) in [4.78, 5) is 28.7. The quantitative estimate of drug-likeness (QED) is 0.891. The average Bonchev–Trinajstić information content (AvgIpc) is 2.69. The molecule has 1 saturated heterocycles. The molecule has 5 nitrogen and oxygen atoms in total. The predicted molar refractivity (Wildman–Crippen MR) is 97.0 cm³/mol. The van der Waals surface area contributed by atoms with Gasteiger partial charge in [0, 0.05) is 32.7 Å². The Hall–Kier alpha value is -2.73. The average molecular weight is 355 g/mol. The molecule has 0 atom stereocenters. The molecular weight excluding hydrogens is 333 g/mol. The normalized spacial score (nSPS) is 14.1. The number of halogens is 1. The number of nitrogens with zero attached hydrogens (tertiary/aromatic N) is 2. The van der Waals surface area contributed by atoms with Crippen LogP contribution in [0.2, 0.25) is 0 Å². The third-order valence-corrected chi connectivity index (χ3v) is 4.40. The van der Waals surface area contributed by atoms with E-state index < -0.39 is 11.7 Å². The number of nitrogens with one attached hydrogen (secondary N) is 1. The van der Waals surface area contributed by atoms with Gasteiger partial charge in [0.05, 0.1) is 5.56 Å². The van der Waals surface area contributed by atoms with Crippen LogP contribution in [0.1, 0.15) is 15.9 Å². The van der Waals surface area contributed by atoms with E-state index in [4.69, 9.17) is 0 Å². The van der Waals surface area contributed by atoms with E-state index in [2.05, 4.69) is 5.32 Å². The minimum Gasteiger partial charge on any atom is -0.339 e. The van der Waals surface area contributed by atoms with Crippen molar-refractivity contribution in [2.75, 3.05) is 32.7 Å². The van der Waals surface area contributed by atoms with E-state index in [0.29, 0.717) is 13.1 Å². The highest BCUT2D eigenvalue weighted by Crippen LogP contribution is 2.14. The Labute approximate surface area is 152 Å². The first kappa shape index (κ1) is 18.1. The van der Waals surface area contributed by atoms with Crippen LogP contribution in [0.25, 0.3) is 0 Å². The van der Waals surface area contributed by atoms with Crippen molar-refractivity contribution in [3.63, 3.8) is 0 Å². The molecule has 1 heterocycles. The van der Waals surface area contributed by atoms with Gasteiger partial charge < -0.3 is 15.1 Å². The highest BCUT2D eigenvalue weighted by Gasteiger charge is 2.24. The molecule has 1 N–H and O–H groups in total. The first-order valence-electron chi connectivity index (χ1n) is 8.71. The number of benzene rings is 2. The lowest BCUT2D eigenvalue weighted by Gasteiger charge is -2.30. The van der Waals surface area contributed by atoms with Gasteiger partial charge in [-0.25, -0.2) is 4.39 Å². The molecule has 6 heteroatoms. The van der Waals surface area contributed by atoms with E-state index in [0.717, 1.165) is 18.7 Å². The molecule has 0 saturated carbocycles. The zero-order valence-corrected chi connectivity index (χ0v) is 14.5. The monoisotopic (exact) mass is 355 g/mol. The predicted octanol–water partition coefficient (Wildman–Crippen LogP) is 1.90. The third-order valence-electron chi connectivity index (χ3n) is 4.40. The molecule has 2 amide bonds. The summed E-state index contributed by atoms with van der Waals surface area (Å²) in [5.41, 5.74) is 0.877. The number of rotatable bonds is 5. The summed E-state index contributed by atoms with van der Waals surface area (Å²) in [6, 6.07) is 15.3. The van der Waals surface area contributed by atoms with Crippen molar-refractivity contribution in [3.8, 4) is 0 Å². The molecule has 2 aromatic rings. The van der Waals surface area contributed by atoms with Gasteiger partial charge in [0.15, 0.2) is 0 Å². The van der Waals surface area contributed by atoms with Crippen LogP contribution in [0.15, 0.2) is 54.6 Å². The van der Waals surface area contributed by atoms with Crippen molar-refractivity contribution in [2.45, 2.75) is 6.54 Å². The molecule has 26 heavy (non-hydrogen) atoms. The maximum atomic E-state index is 14.1. The first-order valence-corrected chi connectivity index (χ1v) is 8.71. The fraction of sp³-hybridized carbons (Fsp3) is 0.300. The Kier molecular flexibility index (Phi) is 5.96. The van der Waals surface area contributed by atoms with Crippen LogP contribution in [0.3, 0.4) is 0 Å². The summed E-state index contributed by atoms with van der Waals surface area (Å²) < 4.78 is 14.1. The van der Waals surface area contributed by atoms with E-state index in [9.17, 15) is 14.0 Å². The summed E-state index contributed by atoms with van der Waals surface area (Å²) in [5, 5.41) is 3.19. The Morgan fingerprint density at radius 1 is 1.00 bits per heavy atom. The van der Waals surface area contributed by atoms with Gasteiger partial charge in [0.1, 0.15) is 12.4 Å². The van der Waals surface area contributed by atoms with Crippen LogP contribution in [0.4, 0.5) is 4.39 Å². The molecule has 0 spiro atoms. The molecule has 1 aliphatic heterocycles. The number of piperazine rings is 1. The van der Waals surface area contributed by atoms with Gasteiger partial charge in [-0.3, -0.25) is 9.59 Å². The van der Waals surface area contributed by atoms with E-state index in [1.807, 2.05) is 30.3 Å². The zero-order valence-electron chi connectivity index (χ0n) is 14.5. The lowest BCUT2D eigenvalue weighted by molar-refractivity contribution is -0.132. The molecule has 1 aliphatic rings. The van der Waals surface area contributed by atoms with Gasteiger partial charge in [0.25, 0.3) is 5.91 Å². The van der Waals surface area contributed by atoms with Gasteiger partial charge in [-0.05, 0) is 17.7 Å². The van der Waals surface area contributed by atoms with Crippen LogP contribution in [0, 0.1) is 5.82 Å². The molecule has 0 aromatic heterocycles. The topological polar surface area (TPSA) is 52.7 Å². The van der Waals surface area contributed by atoms with Gasteiger partial charge in [-0.1, -0.05) is 42.5 Å². The van der Waals surface area contributed by atoms with Crippen molar-refractivity contribution >= 4 is 11.8 Å². The lowest BCUT2D eigenvalue weighted by atomic mass is 10.1. The van der Waals surface area contributed by atoms with Crippen LogP contribution in [0.5, 0.6) is 0 Å². The second-order valence-corrected chi connectivity index (χ2v) is 6.26. The summed E-state index contributed by atoms with van der Waals surface area (Å²) in [6.45, 7) is 2.91. The number of amides is 2. The van der Waals surface area contributed by atoms with Crippen molar-refractivity contribution in [2.24, 2.45) is 0 Å². The van der Waals surface area contributed by atoms with E-state index in [1.54, 1.807) is 17.0 Å². The van der Waals surface area contributed by atoms with Crippen LogP contribution < -0.4 is 5.32 Å². The second-order valence-electron chi connectivity index (χ2n) is 6.26. The molecular formula is C20H22FN3O2. The van der Waals surface area contributed by atoms with E-state index in [1.165, 1.54) is 17.0 Å². The Balaban J connectivity index is 1.80. The van der Waals surface area contributed by atoms with Gasteiger partial charge in [-0.15, -0.1) is 0 Å². The minimum atomic E-state index is -0.579. The molecule has 0 aliphatic carbocycles. The maximum Gasteiger partial charge on any atom is 0.257 e. The smallest absolute Gasteiger partial charge is 0.257 e. The molecule has 136 valence electrons. The van der Waals surface area contributed by atoms with Crippen LogP contribution in [-0.2, 0) is 11.3 Å². The van der Waals surface area contributed by atoms with Crippen molar-refractivity contribution in [3.05, 3.63) is 71.5 Å². The minimum absolute atomic E-state index is 0.0171. The molecule has 3 rings (SSSR count). The standard InChI is InChI=1S/C20H22FN3O2/c21-18-9-5-4-8-17(18)20(26)24(14-16-6-2-1-3-7-16)15-19(25)23-12-10-22-11-13-23/h1-9,22H,10-15H2. The van der Waals surface area contributed by atoms with E-state index >= 15 is 0 Å². The molecule has 0 bridgehead atoms. The van der Waals surface area contributed by atoms with Gasteiger partial charge >= 0.3 is 0 Å². The Morgan fingerprint density at radius 2 is 1.65 bits per heavy atom. The molecule has 0 unspecified atom stereocenters. The summed E-state index contributed by atoms with van der Waals surface area (Å²) >= 11 is 0. The Morgan fingerprint density at radius 3 is 2.35 bits per heavy atom. The fourth-order valence-corrected chi connectivity index (χ4v) is 2.99. The zero-order chi connectivity index (χ0) is 18.4. The fourth-order valence-electron chi connectivity index (χ4n) is 2.99. The second kappa shape index (κ2) is 8.58. The van der Waals surface area contributed by atoms with Gasteiger partial charge in [-0.2, -0.15) is 0 Å². The number of carbonyl (C=O) groups excluding carboxylic acids is 2. The number of hydrogen-bond donors (Lipinski definition) is 1. The number of carbonyl (C=O) groups is 2. The van der Waals surface area contributed by atoms with Crippen LogP contribution >= 0.6 is 0 Å². The molecule has 2 aromatic carbocycles. The summed E-state index contributed by atoms with van der Waals surface area (Å²) in [7, 11) is 0. The van der Waals surface area contributed by atoms with Crippen molar-refractivity contribution in [1.82, 2.24) is 15.1 Å². The molecule has 1 fully saturated rings. The summed E-state index contributed by atoms with van der Waals surface area (Å²) in [5.74, 6) is -1.17. The highest BCUT2D eigenvalue weighted by atomic mass is 19.1.